The normalized spacial score (nSPS) is 10.5. The molecule has 1 aromatic heterocycles. The summed E-state index contributed by atoms with van der Waals surface area (Å²) < 4.78 is 1.32. The Balaban J connectivity index is 2.37. The summed E-state index contributed by atoms with van der Waals surface area (Å²) in [6.07, 6.45) is 1.32. The van der Waals surface area contributed by atoms with Crippen LogP contribution in [-0.4, -0.2) is 14.7 Å². The minimum absolute atomic E-state index is 0.0103. The van der Waals surface area contributed by atoms with Crippen LogP contribution in [0.25, 0.3) is 0 Å². The molecule has 0 bridgehead atoms. The molecule has 2 rings (SSSR count). The Hall–Kier alpha value is -1.52. The number of halogens is 2. The topological polar surface area (TPSA) is 55.1 Å². The fourth-order valence-corrected chi connectivity index (χ4v) is 1.69. The van der Waals surface area contributed by atoms with Gasteiger partial charge in [-0.05, 0) is 17.7 Å². The number of benzene rings is 1. The van der Waals surface area contributed by atoms with Crippen molar-refractivity contribution in [3.05, 3.63) is 56.7 Å². The van der Waals surface area contributed by atoms with E-state index in [1.165, 1.54) is 10.9 Å². The molecule has 0 aliphatic heterocycles. The minimum Gasteiger partial charge on any atom is -0.508 e. The van der Waals surface area contributed by atoms with E-state index in [0.29, 0.717) is 0 Å². The lowest BCUT2D eigenvalue weighted by Gasteiger charge is -2.06. The SMILES string of the molecule is O=c1c(Cl)c(Cl)ncn1Cc1cccc(O)c1. The second-order valence-electron chi connectivity index (χ2n) is 3.45. The predicted molar refractivity (Wildman–Crippen MR) is 65.7 cm³/mol. The highest BCUT2D eigenvalue weighted by Crippen LogP contribution is 2.14. The number of phenolic OH excluding ortho intramolecular Hbond substituents is 1. The number of hydrogen-bond donors (Lipinski definition) is 1. The zero-order valence-corrected chi connectivity index (χ0v) is 10.1. The maximum atomic E-state index is 11.7. The van der Waals surface area contributed by atoms with Crippen molar-refractivity contribution in [1.29, 1.82) is 0 Å². The summed E-state index contributed by atoms with van der Waals surface area (Å²) in [5.41, 5.74) is 0.363. The number of phenols is 1. The second kappa shape index (κ2) is 4.77. The fraction of sp³-hybridized carbons (Fsp3) is 0.0909. The lowest BCUT2D eigenvalue weighted by molar-refractivity contribution is 0.474. The van der Waals surface area contributed by atoms with E-state index in [1.54, 1.807) is 24.3 Å². The molecule has 0 radical (unpaired) electrons. The molecule has 6 heteroatoms. The molecule has 0 spiro atoms. The minimum atomic E-state index is -0.407. The third-order valence-corrected chi connectivity index (χ3v) is 2.93. The third-order valence-electron chi connectivity index (χ3n) is 2.20. The van der Waals surface area contributed by atoms with Crippen LogP contribution >= 0.6 is 23.2 Å². The van der Waals surface area contributed by atoms with Crippen LogP contribution in [0.4, 0.5) is 0 Å². The summed E-state index contributed by atoms with van der Waals surface area (Å²) in [6.45, 7) is 0.275. The molecule has 0 amide bonds. The average molecular weight is 271 g/mol. The first-order valence-electron chi connectivity index (χ1n) is 4.76. The first-order chi connectivity index (χ1) is 8.08. The van der Waals surface area contributed by atoms with E-state index < -0.39 is 5.56 Å². The van der Waals surface area contributed by atoms with Gasteiger partial charge < -0.3 is 5.11 Å². The third kappa shape index (κ3) is 2.60. The number of aromatic hydroxyl groups is 1. The van der Waals surface area contributed by atoms with Gasteiger partial charge in [-0.25, -0.2) is 4.98 Å². The van der Waals surface area contributed by atoms with Crippen molar-refractivity contribution in [2.75, 3.05) is 0 Å². The average Bonchev–Trinajstić information content (AvgIpc) is 2.30. The molecule has 0 atom stereocenters. The Morgan fingerprint density at radius 1 is 1.35 bits per heavy atom. The lowest BCUT2D eigenvalue weighted by Crippen LogP contribution is -2.21. The fourth-order valence-electron chi connectivity index (χ4n) is 1.41. The molecular weight excluding hydrogens is 263 g/mol. The maximum absolute atomic E-state index is 11.7. The zero-order valence-electron chi connectivity index (χ0n) is 8.60. The van der Waals surface area contributed by atoms with Gasteiger partial charge in [0.2, 0.25) is 0 Å². The van der Waals surface area contributed by atoms with E-state index in [0.717, 1.165) is 5.56 Å². The lowest BCUT2D eigenvalue weighted by atomic mass is 10.2. The Bertz CT molecular complexity index is 611. The highest BCUT2D eigenvalue weighted by atomic mass is 35.5. The second-order valence-corrected chi connectivity index (χ2v) is 4.19. The van der Waals surface area contributed by atoms with Crippen molar-refractivity contribution in [2.45, 2.75) is 6.54 Å². The summed E-state index contributed by atoms with van der Waals surface area (Å²) in [5, 5.41) is 9.20. The molecule has 0 aliphatic rings. The zero-order chi connectivity index (χ0) is 12.4. The van der Waals surface area contributed by atoms with Gasteiger partial charge >= 0.3 is 0 Å². The van der Waals surface area contributed by atoms with Crippen molar-refractivity contribution in [2.24, 2.45) is 0 Å². The summed E-state index contributed by atoms with van der Waals surface area (Å²) >= 11 is 11.3. The van der Waals surface area contributed by atoms with Crippen LogP contribution < -0.4 is 5.56 Å². The summed E-state index contributed by atoms with van der Waals surface area (Å²) in [7, 11) is 0. The van der Waals surface area contributed by atoms with E-state index in [4.69, 9.17) is 23.2 Å². The molecule has 0 saturated heterocycles. The smallest absolute Gasteiger partial charge is 0.273 e. The van der Waals surface area contributed by atoms with E-state index in [9.17, 15) is 9.90 Å². The Labute approximate surface area is 107 Å². The molecule has 0 aliphatic carbocycles. The summed E-state index contributed by atoms with van der Waals surface area (Å²) in [5.74, 6) is 0.142. The van der Waals surface area contributed by atoms with Gasteiger partial charge in [0, 0.05) is 0 Å². The highest BCUT2D eigenvalue weighted by molar-refractivity contribution is 6.40. The Kier molecular flexibility index (Phi) is 3.36. The molecule has 0 fully saturated rings. The van der Waals surface area contributed by atoms with Crippen molar-refractivity contribution < 1.29 is 5.11 Å². The number of rotatable bonds is 2. The van der Waals surface area contributed by atoms with Crippen LogP contribution in [0.15, 0.2) is 35.4 Å². The van der Waals surface area contributed by atoms with E-state index in [-0.39, 0.29) is 22.5 Å². The van der Waals surface area contributed by atoms with E-state index in [2.05, 4.69) is 4.98 Å². The van der Waals surface area contributed by atoms with Gasteiger partial charge in [-0.2, -0.15) is 0 Å². The Morgan fingerprint density at radius 2 is 2.12 bits per heavy atom. The first-order valence-corrected chi connectivity index (χ1v) is 5.52. The molecule has 2 aromatic rings. The molecule has 1 aromatic carbocycles. The van der Waals surface area contributed by atoms with Crippen LogP contribution in [-0.2, 0) is 6.54 Å². The quantitative estimate of drug-likeness (QED) is 0.853. The van der Waals surface area contributed by atoms with Gasteiger partial charge in [0.1, 0.15) is 10.8 Å². The number of nitrogens with zero attached hydrogens (tertiary/aromatic N) is 2. The van der Waals surface area contributed by atoms with Crippen LogP contribution in [0.3, 0.4) is 0 Å². The van der Waals surface area contributed by atoms with Crippen molar-refractivity contribution in [3.8, 4) is 5.75 Å². The van der Waals surface area contributed by atoms with Crippen LogP contribution in [0, 0.1) is 0 Å². The molecule has 88 valence electrons. The van der Waals surface area contributed by atoms with Gasteiger partial charge in [-0.1, -0.05) is 35.3 Å². The standard InChI is InChI=1S/C11H8Cl2N2O2/c12-9-10(13)14-6-15(11(9)17)5-7-2-1-3-8(16)4-7/h1-4,6,16H,5H2. The van der Waals surface area contributed by atoms with Gasteiger partial charge in [0.05, 0.1) is 12.9 Å². The summed E-state index contributed by atoms with van der Waals surface area (Å²) in [6, 6.07) is 6.60. The number of hydrogen-bond acceptors (Lipinski definition) is 3. The molecule has 1 heterocycles. The molecule has 4 nitrogen and oxygen atoms in total. The van der Waals surface area contributed by atoms with Gasteiger partial charge in [0.25, 0.3) is 5.56 Å². The van der Waals surface area contributed by atoms with E-state index in [1.807, 2.05) is 0 Å². The monoisotopic (exact) mass is 270 g/mol. The first kappa shape index (κ1) is 12.0. The van der Waals surface area contributed by atoms with Crippen molar-refractivity contribution >= 4 is 23.2 Å². The van der Waals surface area contributed by atoms with Crippen molar-refractivity contribution in [3.63, 3.8) is 0 Å². The molecule has 0 saturated carbocycles. The molecule has 0 unspecified atom stereocenters. The summed E-state index contributed by atoms with van der Waals surface area (Å²) in [4.78, 5) is 15.5. The van der Waals surface area contributed by atoms with Crippen molar-refractivity contribution in [1.82, 2.24) is 9.55 Å². The molecule has 1 N–H and O–H groups in total. The molecular formula is C11H8Cl2N2O2. The molecule has 17 heavy (non-hydrogen) atoms. The number of aromatic nitrogens is 2. The van der Waals surface area contributed by atoms with Crippen LogP contribution in [0.1, 0.15) is 5.56 Å². The maximum Gasteiger partial charge on any atom is 0.273 e. The van der Waals surface area contributed by atoms with Gasteiger partial charge in [0.15, 0.2) is 5.15 Å². The predicted octanol–water partition coefficient (Wildman–Crippen LogP) is 2.30. The van der Waals surface area contributed by atoms with Gasteiger partial charge in [-0.15, -0.1) is 0 Å². The Morgan fingerprint density at radius 3 is 2.82 bits per heavy atom. The van der Waals surface area contributed by atoms with Crippen LogP contribution in [0.5, 0.6) is 5.75 Å². The highest BCUT2D eigenvalue weighted by Gasteiger charge is 2.07. The van der Waals surface area contributed by atoms with Gasteiger partial charge in [-0.3, -0.25) is 9.36 Å². The van der Waals surface area contributed by atoms with E-state index >= 15 is 0 Å². The largest absolute Gasteiger partial charge is 0.508 e. The van der Waals surface area contributed by atoms with Crippen LogP contribution in [0.2, 0.25) is 10.2 Å².